The number of rotatable bonds is 1. The molecule has 0 saturated carbocycles. The second kappa shape index (κ2) is 2.60. The number of hydrazone groups is 1. The van der Waals surface area contributed by atoms with Crippen molar-refractivity contribution in [3.63, 3.8) is 0 Å². The summed E-state index contributed by atoms with van der Waals surface area (Å²) < 4.78 is 0. The molecule has 52 valence electrons. The van der Waals surface area contributed by atoms with Gasteiger partial charge in [-0.15, -0.1) is 0 Å². The van der Waals surface area contributed by atoms with Crippen LogP contribution < -0.4 is 5.43 Å². The Morgan fingerprint density at radius 2 is 2.33 bits per heavy atom. The van der Waals surface area contributed by atoms with Crippen molar-refractivity contribution in [3.8, 4) is 0 Å². The van der Waals surface area contributed by atoms with Crippen LogP contribution in [0.5, 0.6) is 0 Å². The highest BCUT2D eigenvalue weighted by atomic mass is 32.2. The highest BCUT2D eigenvalue weighted by Gasteiger charge is 2.18. The predicted molar refractivity (Wildman–Crippen MR) is 42.5 cm³/mol. The third kappa shape index (κ3) is 1.61. The van der Waals surface area contributed by atoms with Gasteiger partial charge in [-0.25, -0.2) is 0 Å². The summed E-state index contributed by atoms with van der Waals surface area (Å²) in [6, 6.07) is 0. The monoisotopic (exact) mass is 144 g/mol. The van der Waals surface area contributed by atoms with Crippen LogP contribution >= 0.6 is 11.8 Å². The van der Waals surface area contributed by atoms with Crippen LogP contribution in [-0.2, 0) is 0 Å². The molecule has 0 radical (unpaired) electrons. The van der Waals surface area contributed by atoms with Gasteiger partial charge in [0, 0.05) is 0 Å². The van der Waals surface area contributed by atoms with E-state index in [4.69, 9.17) is 0 Å². The Bertz CT molecular complexity index is 131. The van der Waals surface area contributed by atoms with Crippen molar-refractivity contribution in [2.75, 3.05) is 0 Å². The van der Waals surface area contributed by atoms with E-state index in [2.05, 4.69) is 24.4 Å². The molecule has 1 heterocycles. The lowest BCUT2D eigenvalue weighted by Gasteiger charge is -2.11. The standard InChI is InChI=1S/C6H12N2S/c1-4(2)6-8-7-5(3)9-6/h4,6,8H,1-3H3. The van der Waals surface area contributed by atoms with Crippen LogP contribution in [0.3, 0.4) is 0 Å². The van der Waals surface area contributed by atoms with Gasteiger partial charge in [0.15, 0.2) is 0 Å². The summed E-state index contributed by atoms with van der Waals surface area (Å²) in [7, 11) is 0. The zero-order valence-electron chi connectivity index (χ0n) is 6.01. The van der Waals surface area contributed by atoms with Crippen molar-refractivity contribution in [2.24, 2.45) is 11.0 Å². The molecule has 3 heteroatoms. The molecule has 1 rings (SSSR count). The van der Waals surface area contributed by atoms with E-state index in [0.717, 1.165) is 5.04 Å². The van der Waals surface area contributed by atoms with Crippen molar-refractivity contribution in [3.05, 3.63) is 0 Å². The van der Waals surface area contributed by atoms with Crippen LogP contribution in [-0.4, -0.2) is 10.4 Å². The molecule has 0 bridgehead atoms. The normalized spacial score (nSPS) is 26.2. The number of thioether (sulfide) groups is 1. The molecule has 1 atom stereocenters. The lowest BCUT2D eigenvalue weighted by Crippen LogP contribution is -2.21. The molecule has 2 nitrogen and oxygen atoms in total. The number of hydrogen-bond acceptors (Lipinski definition) is 3. The lowest BCUT2D eigenvalue weighted by atomic mass is 10.2. The maximum atomic E-state index is 4.07. The molecule has 1 N–H and O–H groups in total. The third-order valence-electron chi connectivity index (χ3n) is 1.25. The molecule has 0 aromatic carbocycles. The highest BCUT2D eigenvalue weighted by molar-refractivity contribution is 8.14. The van der Waals surface area contributed by atoms with Gasteiger partial charge >= 0.3 is 0 Å². The maximum absolute atomic E-state index is 4.07. The summed E-state index contributed by atoms with van der Waals surface area (Å²) in [6.45, 7) is 6.41. The fraction of sp³-hybridized carbons (Fsp3) is 0.833. The fourth-order valence-corrected chi connectivity index (χ4v) is 1.53. The van der Waals surface area contributed by atoms with Crippen molar-refractivity contribution in [2.45, 2.75) is 26.1 Å². The number of hydrogen-bond donors (Lipinski definition) is 1. The van der Waals surface area contributed by atoms with E-state index in [0.29, 0.717) is 11.3 Å². The fourth-order valence-electron chi connectivity index (χ4n) is 0.676. The summed E-state index contributed by atoms with van der Waals surface area (Å²) in [6.07, 6.45) is 0. The summed E-state index contributed by atoms with van der Waals surface area (Å²) in [5, 5.41) is 5.72. The van der Waals surface area contributed by atoms with E-state index in [1.54, 1.807) is 0 Å². The molecule has 0 aliphatic carbocycles. The summed E-state index contributed by atoms with van der Waals surface area (Å²) in [4.78, 5) is 0. The quantitative estimate of drug-likeness (QED) is 0.605. The average Bonchev–Trinajstić information content (AvgIpc) is 2.14. The van der Waals surface area contributed by atoms with E-state index in [1.807, 2.05) is 18.7 Å². The molecule has 0 fully saturated rings. The van der Waals surface area contributed by atoms with Crippen LogP contribution in [0, 0.1) is 5.92 Å². The molecule has 0 spiro atoms. The van der Waals surface area contributed by atoms with Crippen LogP contribution in [0.25, 0.3) is 0 Å². The summed E-state index contributed by atoms with van der Waals surface area (Å²) in [5.41, 5.74) is 3.06. The van der Waals surface area contributed by atoms with Gasteiger partial charge in [-0.3, -0.25) is 5.43 Å². The molecule has 9 heavy (non-hydrogen) atoms. The molecule has 0 aromatic rings. The Morgan fingerprint density at radius 1 is 1.67 bits per heavy atom. The zero-order chi connectivity index (χ0) is 6.85. The van der Waals surface area contributed by atoms with Crippen molar-refractivity contribution >= 4 is 16.8 Å². The Balaban J connectivity index is 2.37. The molecule has 0 saturated heterocycles. The Kier molecular flexibility index (Phi) is 2.01. The van der Waals surface area contributed by atoms with E-state index in [9.17, 15) is 0 Å². The van der Waals surface area contributed by atoms with E-state index in [1.165, 1.54) is 0 Å². The van der Waals surface area contributed by atoms with Crippen LogP contribution in [0.15, 0.2) is 5.10 Å². The first-order valence-electron chi connectivity index (χ1n) is 3.16. The van der Waals surface area contributed by atoms with Crippen LogP contribution in [0.1, 0.15) is 20.8 Å². The minimum absolute atomic E-state index is 0.505. The van der Waals surface area contributed by atoms with E-state index in [-0.39, 0.29) is 0 Å². The van der Waals surface area contributed by atoms with Gasteiger partial charge in [0.2, 0.25) is 0 Å². The lowest BCUT2D eigenvalue weighted by molar-refractivity contribution is 0.538. The molecule has 0 aromatic heterocycles. The van der Waals surface area contributed by atoms with Gasteiger partial charge in [-0.1, -0.05) is 25.6 Å². The topological polar surface area (TPSA) is 24.4 Å². The van der Waals surface area contributed by atoms with Crippen molar-refractivity contribution in [1.29, 1.82) is 0 Å². The Labute approximate surface area is 60.1 Å². The molecule has 1 unspecified atom stereocenters. The SMILES string of the molecule is CC1=NNC(C(C)C)S1. The van der Waals surface area contributed by atoms with Gasteiger partial charge in [0.1, 0.15) is 0 Å². The third-order valence-corrected chi connectivity index (χ3v) is 2.59. The van der Waals surface area contributed by atoms with Crippen LogP contribution in [0.4, 0.5) is 0 Å². The van der Waals surface area contributed by atoms with E-state index < -0.39 is 0 Å². The first kappa shape index (κ1) is 6.93. The largest absolute Gasteiger partial charge is 0.296 e. The molecule has 0 amide bonds. The number of nitrogens with zero attached hydrogens (tertiary/aromatic N) is 1. The smallest absolute Gasteiger partial charge is 0.0973 e. The van der Waals surface area contributed by atoms with Gasteiger partial charge in [-0.05, 0) is 12.8 Å². The van der Waals surface area contributed by atoms with E-state index >= 15 is 0 Å². The number of nitrogens with one attached hydrogen (secondary N) is 1. The van der Waals surface area contributed by atoms with Crippen LogP contribution in [0.2, 0.25) is 0 Å². The van der Waals surface area contributed by atoms with Crippen molar-refractivity contribution in [1.82, 2.24) is 5.43 Å². The second-order valence-corrected chi connectivity index (χ2v) is 3.88. The molecular formula is C6H12N2S. The molecule has 1 aliphatic rings. The average molecular weight is 144 g/mol. The minimum Gasteiger partial charge on any atom is -0.296 e. The first-order chi connectivity index (χ1) is 4.20. The van der Waals surface area contributed by atoms with Gasteiger partial charge in [-0.2, -0.15) is 5.10 Å². The van der Waals surface area contributed by atoms with Crippen molar-refractivity contribution < 1.29 is 0 Å². The Hall–Kier alpha value is -0.180. The summed E-state index contributed by atoms with van der Waals surface area (Å²) >= 11 is 1.81. The first-order valence-corrected chi connectivity index (χ1v) is 4.04. The Morgan fingerprint density at radius 3 is 2.56 bits per heavy atom. The maximum Gasteiger partial charge on any atom is 0.0973 e. The minimum atomic E-state index is 0.505. The molecular weight excluding hydrogens is 132 g/mol. The highest BCUT2D eigenvalue weighted by Crippen LogP contribution is 2.22. The zero-order valence-corrected chi connectivity index (χ0v) is 6.83. The van der Waals surface area contributed by atoms with Gasteiger partial charge in [0.25, 0.3) is 0 Å². The predicted octanol–water partition coefficient (Wildman–Crippen LogP) is 1.64. The van der Waals surface area contributed by atoms with Gasteiger partial charge in [0.05, 0.1) is 10.4 Å². The van der Waals surface area contributed by atoms with Gasteiger partial charge < -0.3 is 0 Å². The summed E-state index contributed by atoms with van der Waals surface area (Å²) in [5.74, 6) is 0.663. The second-order valence-electron chi connectivity index (χ2n) is 2.54. The molecule has 1 aliphatic heterocycles.